The highest BCUT2D eigenvalue weighted by molar-refractivity contribution is 6.11. The number of benzene rings is 10. The molecule has 2 nitrogen and oxygen atoms in total. The smallest absolute Gasteiger partial charge is 0.0542 e. The fraction of sp³-hybridized carbons (Fsp3) is 0.220. The van der Waals surface area contributed by atoms with E-state index in [1.165, 1.54) is 130 Å². The largest absolute Gasteiger partial charge is 0.310 e. The molecule has 84 heavy (non-hydrogen) atoms. The number of fused-ring (bicyclic) bond motifs is 3. The third kappa shape index (κ3) is 14.7. The van der Waals surface area contributed by atoms with E-state index in [1.54, 1.807) is 0 Å². The number of aryl methyl sites for hydroxylation is 6. The van der Waals surface area contributed by atoms with Crippen LogP contribution in [0.4, 0.5) is 17.1 Å². The predicted octanol–water partition coefficient (Wildman–Crippen LogP) is 24.3. The van der Waals surface area contributed by atoms with Gasteiger partial charge in [-0.1, -0.05) is 240 Å². The van der Waals surface area contributed by atoms with Crippen molar-refractivity contribution in [3.63, 3.8) is 0 Å². The van der Waals surface area contributed by atoms with E-state index < -0.39 is 0 Å². The van der Waals surface area contributed by atoms with Gasteiger partial charge in [-0.05, 0) is 213 Å². The minimum Gasteiger partial charge on any atom is -0.310 e. The van der Waals surface area contributed by atoms with Crippen LogP contribution in [0.5, 0.6) is 0 Å². The van der Waals surface area contributed by atoms with Crippen LogP contribution in [0, 0.1) is 41.5 Å². The minimum atomic E-state index is 0.437. The molecule has 0 saturated heterocycles. The standard InChI is InChI=1S/C42H38N2.C17H22.C14H14.C7H8.C2H6/c1-28(2)36-21-16-29(3)24-38(36)37-26-34(19-18-31(37)5)43(32-12-8-6-9-13-32)35-20-23-42-40(27-35)39-25-30(4)17-22-41(39)44(42)33-14-10-7-11-15-33;1-4-13(2)15-10-7-8-12-17(15)16-11-6-5-9-14(16)3;1-11-7-3-5-9-13(11)14-10-6-4-8-12(14)2;1-7-5-3-2-4-6-7;1-2/h6-28H,1-5H3;7-13H,4-6H2,1-3H3;3-10H,1-2H3;2-6H,1H3;1-2H3. The summed E-state index contributed by atoms with van der Waals surface area (Å²) in [6.07, 6.45) is 8.34. The molecule has 2 heteroatoms. The summed E-state index contributed by atoms with van der Waals surface area (Å²) in [4.78, 5) is 2.40. The van der Waals surface area contributed by atoms with Crippen molar-refractivity contribution in [1.82, 2.24) is 4.57 Å². The molecule has 0 aliphatic heterocycles. The molecule has 12 rings (SSSR count). The number of para-hydroxylation sites is 2. The maximum atomic E-state index is 2.40. The first-order valence-electron chi connectivity index (χ1n) is 30.6. The van der Waals surface area contributed by atoms with Gasteiger partial charge in [0.1, 0.15) is 0 Å². The summed E-state index contributed by atoms with van der Waals surface area (Å²) < 4.78 is 2.38. The molecule has 1 aromatic heterocycles. The van der Waals surface area contributed by atoms with Crippen molar-refractivity contribution >= 4 is 44.4 Å². The molecular formula is C82H88N2. The SMILES string of the molecule is CC.CCC(C)c1ccccc1C1=CCCC=C1C.Cc1ccc(C(C)C)c(-c2cc(N(c3ccccc3)c3ccc4c(c3)c3cc(C)ccc3n4-c3ccccc3)ccc2C)c1.Cc1ccccc1.Cc1ccccc1-c1ccccc1C. The van der Waals surface area contributed by atoms with Gasteiger partial charge in [0, 0.05) is 33.5 Å². The van der Waals surface area contributed by atoms with Gasteiger partial charge in [0.2, 0.25) is 0 Å². The Balaban J connectivity index is 0.000000186. The Kier molecular flexibility index (Phi) is 21.5. The molecule has 0 N–H and O–H groups in total. The van der Waals surface area contributed by atoms with Crippen LogP contribution in [0.25, 0.3) is 55.3 Å². The number of nitrogens with zero attached hydrogens (tertiary/aromatic N) is 2. The molecule has 1 aliphatic carbocycles. The van der Waals surface area contributed by atoms with Gasteiger partial charge in [-0.3, -0.25) is 0 Å². The second-order valence-corrected chi connectivity index (χ2v) is 22.6. The number of hydrogen-bond donors (Lipinski definition) is 0. The fourth-order valence-electron chi connectivity index (χ4n) is 11.4. The van der Waals surface area contributed by atoms with Gasteiger partial charge >= 0.3 is 0 Å². The number of anilines is 3. The Labute approximate surface area is 504 Å². The summed E-state index contributed by atoms with van der Waals surface area (Å²) in [6.45, 7) is 28.4. The van der Waals surface area contributed by atoms with Crippen LogP contribution in [-0.2, 0) is 0 Å². The summed E-state index contributed by atoms with van der Waals surface area (Å²) in [6, 6.07) is 85.1. The zero-order chi connectivity index (χ0) is 59.7. The van der Waals surface area contributed by atoms with Gasteiger partial charge in [-0.2, -0.15) is 0 Å². The maximum absolute atomic E-state index is 2.40. The van der Waals surface area contributed by atoms with Crippen molar-refractivity contribution < 1.29 is 0 Å². The summed E-state index contributed by atoms with van der Waals surface area (Å²) in [5.41, 5.74) is 27.3. The van der Waals surface area contributed by atoms with E-state index in [9.17, 15) is 0 Å². The van der Waals surface area contributed by atoms with Crippen molar-refractivity contribution in [3.8, 4) is 27.9 Å². The van der Waals surface area contributed by atoms with Crippen LogP contribution >= 0.6 is 0 Å². The highest BCUT2D eigenvalue weighted by Gasteiger charge is 2.20. The molecule has 426 valence electrons. The van der Waals surface area contributed by atoms with Crippen molar-refractivity contribution in [2.75, 3.05) is 4.90 Å². The van der Waals surface area contributed by atoms with Crippen LogP contribution in [0.1, 0.15) is 130 Å². The molecule has 0 radical (unpaired) electrons. The van der Waals surface area contributed by atoms with E-state index in [1.807, 2.05) is 32.0 Å². The van der Waals surface area contributed by atoms with E-state index >= 15 is 0 Å². The van der Waals surface area contributed by atoms with Crippen molar-refractivity contribution in [3.05, 3.63) is 304 Å². The third-order valence-electron chi connectivity index (χ3n) is 16.1. The van der Waals surface area contributed by atoms with E-state index in [0.717, 1.165) is 17.1 Å². The van der Waals surface area contributed by atoms with Gasteiger partial charge < -0.3 is 9.47 Å². The number of allylic oxidation sites excluding steroid dienone is 4. The van der Waals surface area contributed by atoms with Crippen molar-refractivity contribution in [1.29, 1.82) is 0 Å². The van der Waals surface area contributed by atoms with Crippen LogP contribution in [0.15, 0.2) is 254 Å². The molecule has 1 heterocycles. The monoisotopic (exact) mass is 1100 g/mol. The highest BCUT2D eigenvalue weighted by Crippen LogP contribution is 2.43. The lowest BCUT2D eigenvalue weighted by atomic mass is 9.85. The zero-order valence-electron chi connectivity index (χ0n) is 52.3. The zero-order valence-corrected chi connectivity index (χ0v) is 52.3. The van der Waals surface area contributed by atoms with E-state index in [4.69, 9.17) is 0 Å². The lowest BCUT2D eigenvalue weighted by Gasteiger charge is -2.27. The lowest BCUT2D eigenvalue weighted by molar-refractivity contribution is 0.731. The minimum absolute atomic E-state index is 0.437. The summed E-state index contributed by atoms with van der Waals surface area (Å²) in [5, 5.41) is 2.52. The summed E-state index contributed by atoms with van der Waals surface area (Å²) >= 11 is 0. The number of hydrogen-bond acceptors (Lipinski definition) is 1. The number of aromatic nitrogens is 1. The van der Waals surface area contributed by atoms with Crippen LogP contribution in [-0.4, -0.2) is 4.57 Å². The second kappa shape index (κ2) is 29.5. The predicted molar refractivity (Wildman–Crippen MR) is 369 cm³/mol. The third-order valence-corrected chi connectivity index (χ3v) is 16.1. The first-order chi connectivity index (χ1) is 40.8. The molecule has 0 bridgehead atoms. The molecule has 0 saturated carbocycles. The number of rotatable bonds is 10. The van der Waals surface area contributed by atoms with Gasteiger partial charge in [0.05, 0.1) is 11.0 Å². The average Bonchev–Trinajstić information content (AvgIpc) is 2.14. The first kappa shape index (κ1) is 61.4. The van der Waals surface area contributed by atoms with Gasteiger partial charge in [0.25, 0.3) is 0 Å². The summed E-state index contributed by atoms with van der Waals surface area (Å²) in [5.74, 6) is 1.08. The van der Waals surface area contributed by atoms with Crippen LogP contribution < -0.4 is 4.90 Å². The normalized spacial score (nSPS) is 12.0. The second-order valence-electron chi connectivity index (χ2n) is 22.6. The van der Waals surface area contributed by atoms with E-state index in [-0.39, 0.29) is 0 Å². The molecule has 1 atom stereocenters. The molecule has 0 spiro atoms. The van der Waals surface area contributed by atoms with Crippen molar-refractivity contribution in [2.45, 2.75) is 121 Å². The van der Waals surface area contributed by atoms with Crippen molar-refractivity contribution in [2.24, 2.45) is 0 Å². The quantitative estimate of drug-likeness (QED) is 0.132. The molecule has 1 aliphatic rings. The average molecular weight is 1100 g/mol. The lowest BCUT2D eigenvalue weighted by Crippen LogP contribution is -2.10. The first-order valence-corrected chi connectivity index (χ1v) is 30.6. The van der Waals surface area contributed by atoms with Crippen LogP contribution in [0.2, 0.25) is 0 Å². The van der Waals surface area contributed by atoms with E-state index in [2.05, 4.69) is 316 Å². The molecule has 0 amide bonds. The van der Waals surface area contributed by atoms with Gasteiger partial charge in [-0.15, -0.1) is 0 Å². The Morgan fingerprint density at radius 1 is 0.381 bits per heavy atom. The Hall–Kier alpha value is -8.72. The fourth-order valence-corrected chi connectivity index (χ4v) is 11.4. The topological polar surface area (TPSA) is 8.17 Å². The Morgan fingerprint density at radius 3 is 1.45 bits per heavy atom. The molecular weight excluding hydrogens is 1010 g/mol. The maximum Gasteiger partial charge on any atom is 0.0542 e. The molecule has 1 unspecified atom stereocenters. The molecule has 10 aromatic carbocycles. The van der Waals surface area contributed by atoms with Gasteiger partial charge in [-0.25, -0.2) is 0 Å². The molecule has 11 aromatic rings. The Morgan fingerprint density at radius 2 is 0.869 bits per heavy atom. The van der Waals surface area contributed by atoms with E-state index in [0.29, 0.717) is 11.8 Å². The van der Waals surface area contributed by atoms with Gasteiger partial charge in [0.15, 0.2) is 0 Å². The Bertz CT molecular complexity index is 3920. The highest BCUT2D eigenvalue weighted by atomic mass is 15.1. The van der Waals surface area contributed by atoms with Crippen LogP contribution in [0.3, 0.4) is 0 Å². The summed E-state index contributed by atoms with van der Waals surface area (Å²) in [7, 11) is 0. The molecule has 0 fully saturated rings.